The maximum atomic E-state index is 13.6. The van der Waals surface area contributed by atoms with E-state index in [2.05, 4.69) is 18.8 Å². The number of Topliss-reactive ketones (excluding diaryl/α,β-unsaturated/α-hetero) is 1. The number of nitrogens with two attached hydrogens (primary N) is 1. The first kappa shape index (κ1) is 34.5. The first-order valence-electron chi connectivity index (χ1n) is 15.0. The number of rotatable bonds is 11. The van der Waals surface area contributed by atoms with Crippen LogP contribution in [0.4, 0.5) is 13.2 Å². The molecule has 1 amide bonds. The molecule has 1 saturated heterocycles. The highest BCUT2D eigenvalue weighted by atomic mass is 19.3. The van der Waals surface area contributed by atoms with Gasteiger partial charge in [-0.25, -0.2) is 13.2 Å². The number of hydrogen-bond acceptors (Lipinski definition) is 5. The topological polar surface area (TPSA) is 85.0 Å². The number of allylic oxidation sites excluding steroid dienone is 1. The third-order valence-electron chi connectivity index (χ3n) is 7.47. The molecule has 0 bridgehead atoms. The van der Waals surface area contributed by atoms with Crippen molar-refractivity contribution in [3.8, 4) is 0 Å². The predicted molar refractivity (Wildman–Crippen MR) is 158 cm³/mol. The third-order valence-corrected chi connectivity index (χ3v) is 7.47. The van der Waals surface area contributed by atoms with Gasteiger partial charge in [0.15, 0.2) is 5.78 Å². The molecule has 0 spiro atoms. The molecule has 3 rings (SSSR count). The summed E-state index contributed by atoms with van der Waals surface area (Å²) in [6, 6.07) is 4.20. The fourth-order valence-electron chi connectivity index (χ4n) is 5.48. The first-order valence-corrected chi connectivity index (χ1v) is 15.0. The van der Waals surface area contributed by atoms with Crippen LogP contribution >= 0.6 is 0 Å². The molecule has 1 aliphatic heterocycles. The number of carbonyl (C=O) groups excluding carboxylic acids is 2. The highest BCUT2D eigenvalue weighted by Crippen LogP contribution is 2.31. The Morgan fingerprint density at radius 1 is 1.07 bits per heavy atom. The number of hydrogen-bond donors (Lipinski definition) is 1. The van der Waals surface area contributed by atoms with Crippen molar-refractivity contribution in [3.63, 3.8) is 0 Å². The Bertz CT molecular complexity index is 1060. The number of morpholine rings is 1. The summed E-state index contributed by atoms with van der Waals surface area (Å²) < 4.78 is 44.3. The van der Waals surface area contributed by atoms with Crippen molar-refractivity contribution >= 4 is 17.4 Å². The number of halogens is 3. The summed E-state index contributed by atoms with van der Waals surface area (Å²) in [6.07, 6.45) is 6.20. The molecule has 2 fully saturated rings. The van der Waals surface area contributed by atoms with Crippen LogP contribution in [0.5, 0.6) is 0 Å². The highest BCUT2D eigenvalue weighted by Gasteiger charge is 2.30. The van der Waals surface area contributed by atoms with Crippen LogP contribution in [0, 0.1) is 5.82 Å². The lowest BCUT2D eigenvalue weighted by molar-refractivity contribution is -0.139. The molecule has 9 heteroatoms. The van der Waals surface area contributed by atoms with E-state index in [9.17, 15) is 22.8 Å². The van der Waals surface area contributed by atoms with Gasteiger partial charge in [-0.15, -0.1) is 0 Å². The number of nitrogens with zero attached hydrogens (tertiary/aromatic N) is 2. The Labute approximate surface area is 243 Å². The molecular weight excluding hydrogens is 531 g/mol. The Kier molecular flexibility index (Phi) is 14.6. The lowest BCUT2D eigenvalue weighted by atomic mass is 9.89. The zero-order valence-corrected chi connectivity index (χ0v) is 25.4. The summed E-state index contributed by atoms with van der Waals surface area (Å²) in [5, 5.41) is 0. The Hall–Kier alpha value is -2.68. The molecule has 230 valence electrons. The van der Waals surface area contributed by atoms with Gasteiger partial charge in [-0.3, -0.25) is 14.6 Å². The van der Waals surface area contributed by atoms with Crippen molar-refractivity contribution in [1.29, 1.82) is 0 Å². The second-order valence-corrected chi connectivity index (χ2v) is 11.2. The van der Waals surface area contributed by atoms with E-state index >= 15 is 0 Å². The van der Waals surface area contributed by atoms with Crippen LogP contribution in [0.1, 0.15) is 116 Å². The summed E-state index contributed by atoms with van der Waals surface area (Å²) in [4.78, 5) is 29.8. The van der Waals surface area contributed by atoms with Gasteiger partial charge in [0.25, 0.3) is 12.3 Å². The van der Waals surface area contributed by atoms with E-state index in [0.717, 1.165) is 74.6 Å². The smallest absolute Gasteiger partial charge is 0.270 e. The summed E-state index contributed by atoms with van der Waals surface area (Å²) in [5.74, 6) is -0.615. The lowest BCUT2D eigenvalue weighted by Crippen LogP contribution is -2.49. The van der Waals surface area contributed by atoms with Crippen molar-refractivity contribution in [2.75, 3.05) is 19.6 Å². The Morgan fingerprint density at radius 3 is 2.32 bits per heavy atom. The van der Waals surface area contributed by atoms with E-state index in [0.29, 0.717) is 13.1 Å². The van der Waals surface area contributed by atoms with Crippen LogP contribution in [0.3, 0.4) is 0 Å². The number of amides is 1. The van der Waals surface area contributed by atoms with Gasteiger partial charge < -0.3 is 15.4 Å². The highest BCUT2D eigenvalue weighted by molar-refractivity contribution is 6.09. The molecule has 6 nitrogen and oxygen atoms in total. The minimum atomic E-state index is -2.74. The molecule has 2 N–H and O–H groups in total. The Balaban J connectivity index is 0.000000290. The van der Waals surface area contributed by atoms with Gasteiger partial charge in [-0.05, 0) is 70.4 Å². The molecule has 1 aromatic carbocycles. The molecule has 2 aliphatic rings. The van der Waals surface area contributed by atoms with Gasteiger partial charge in [-0.1, -0.05) is 51.7 Å². The second-order valence-electron chi connectivity index (χ2n) is 11.2. The van der Waals surface area contributed by atoms with Crippen LogP contribution in [0.15, 0.2) is 34.5 Å². The quantitative estimate of drug-likeness (QED) is 0.221. The lowest BCUT2D eigenvalue weighted by Gasteiger charge is -2.35. The van der Waals surface area contributed by atoms with Gasteiger partial charge in [0.2, 0.25) is 0 Å². The number of benzene rings is 1. The fourth-order valence-corrected chi connectivity index (χ4v) is 5.48. The van der Waals surface area contributed by atoms with Crippen LogP contribution in [0.2, 0.25) is 0 Å². The summed E-state index contributed by atoms with van der Waals surface area (Å²) in [6.45, 7) is 10.9. The van der Waals surface area contributed by atoms with E-state index < -0.39 is 17.8 Å². The zero-order valence-electron chi connectivity index (χ0n) is 25.4. The molecule has 1 aromatic rings. The first-order chi connectivity index (χ1) is 19.5. The standard InChI is InChI=1S/C16H23F3.C16H25N3O3/c1-3-5-6-8-12(7-4-2)13-9-10-14(16(18)19)15(17)11-13;1-10(20)7-18-14-6-4-5-13(14)15(17)16(21)19-8-11(2)22-12(3)9-19/h9-12,16H,3-8H2,1-2H3;11-12H,4-9,17H2,1-3H3/b;15-13-,18-14?/t;11-,12+. The van der Waals surface area contributed by atoms with Gasteiger partial charge >= 0.3 is 0 Å². The van der Waals surface area contributed by atoms with Gasteiger partial charge in [0.05, 0.1) is 24.3 Å². The summed E-state index contributed by atoms with van der Waals surface area (Å²) >= 11 is 0. The monoisotopic (exact) mass is 579 g/mol. The van der Waals surface area contributed by atoms with Gasteiger partial charge in [0.1, 0.15) is 11.5 Å². The summed E-state index contributed by atoms with van der Waals surface area (Å²) in [7, 11) is 0. The minimum Gasteiger partial charge on any atom is -0.394 e. The minimum absolute atomic E-state index is 0.0134. The van der Waals surface area contributed by atoms with Gasteiger partial charge in [-0.2, -0.15) is 0 Å². The largest absolute Gasteiger partial charge is 0.394 e. The molecular formula is C32H48F3N3O3. The summed E-state index contributed by atoms with van der Waals surface area (Å²) in [5.41, 5.74) is 8.40. The van der Waals surface area contributed by atoms with E-state index in [1.165, 1.54) is 19.1 Å². The van der Waals surface area contributed by atoms with E-state index in [1.807, 2.05) is 13.8 Å². The van der Waals surface area contributed by atoms with Crippen LogP contribution in [-0.4, -0.2) is 54.1 Å². The van der Waals surface area contributed by atoms with Crippen molar-refractivity contribution in [2.45, 2.75) is 117 Å². The van der Waals surface area contributed by atoms with Crippen LogP contribution < -0.4 is 5.73 Å². The predicted octanol–water partition coefficient (Wildman–Crippen LogP) is 7.28. The second kappa shape index (κ2) is 17.3. The fraction of sp³-hybridized carbons (Fsp3) is 0.656. The van der Waals surface area contributed by atoms with E-state index in [1.54, 1.807) is 11.0 Å². The van der Waals surface area contributed by atoms with Gasteiger partial charge in [0, 0.05) is 24.4 Å². The maximum absolute atomic E-state index is 13.6. The van der Waals surface area contributed by atoms with Crippen LogP contribution in [0.25, 0.3) is 0 Å². The van der Waals surface area contributed by atoms with E-state index in [4.69, 9.17) is 10.5 Å². The molecule has 1 aliphatic carbocycles. The third kappa shape index (κ3) is 10.9. The molecule has 0 radical (unpaired) electrons. The zero-order chi connectivity index (χ0) is 30.5. The molecule has 1 unspecified atom stereocenters. The number of aliphatic imine (C=N–C) groups is 1. The SMILES string of the molecule is CC(=O)CN=C1CCC/C1=C(/N)C(=O)N1C[C@@H](C)O[C@@H](C)C1.CCCCCC(CCC)c1ccc(C(F)F)c(F)c1. The van der Waals surface area contributed by atoms with Crippen molar-refractivity contribution in [3.05, 3.63) is 46.4 Å². The van der Waals surface area contributed by atoms with Crippen molar-refractivity contribution in [1.82, 2.24) is 4.90 Å². The molecule has 41 heavy (non-hydrogen) atoms. The Morgan fingerprint density at radius 2 is 1.76 bits per heavy atom. The average molecular weight is 580 g/mol. The maximum Gasteiger partial charge on any atom is 0.270 e. The molecule has 3 atom stereocenters. The number of carbonyl (C=O) groups is 2. The van der Waals surface area contributed by atoms with Crippen molar-refractivity contribution in [2.24, 2.45) is 10.7 Å². The molecule has 1 saturated carbocycles. The number of alkyl halides is 2. The molecule has 1 heterocycles. The van der Waals surface area contributed by atoms with Crippen LogP contribution in [-0.2, 0) is 14.3 Å². The molecule has 0 aromatic heterocycles. The van der Waals surface area contributed by atoms with Crippen molar-refractivity contribution < 1.29 is 27.5 Å². The number of ether oxygens (including phenoxy) is 1. The number of unbranched alkanes of at least 4 members (excludes halogenated alkanes) is 2. The van der Waals surface area contributed by atoms with E-state index in [-0.39, 0.29) is 42.1 Å². The normalized spacial score (nSPS) is 22.0. The number of ketones is 1. The average Bonchev–Trinajstić information content (AvgIpc) is 3.39.